The number of benzene rings is 1. The maximum atomic E-state index is 10.9. The summed E-state index contributed by atoms with van der Waals surface area (Å²) in [7, 11) is 0. The highest BCUT2D eigenvalue weighted by Gasteiger charge is 2.21. The first kappa shape index (κ1) is 13.9. The van der Waals surface area contributed by atoms with Gasteiger partial charge in [-0.25, -0.2) is 4.79 Å². The molecule has 1 aliphatic heterocycles. The van der Waals surface area contributed by atoms with E-state index in [0.29, 0.717) is 11.6 Å². The average Bonchev–Trinajstić information content (AvgIpc) is 2.80. The van der Waals surface area contributed by atoms with E-state index in [-0.39, 0.29) is 0 Å². The van der Waals surface area contributed by atoms with Crippen molar-refractivity contribution < 1.29 is 9.90 Å². The minimum Gasteiger partial charge on any atom is -0.478 e. The monoisotopic (exact) mass is 261 g/mol. The van der Waals surface area contributed by atoms with Gasteiger partial charge in [-0.3, -0.25) is 0 Å². The number of hydrogen-bond donors (Lipinski definition) is 2. The van der Waals surface area contributed by atoms with Crippen molar-refractivity contribution in [3.05, 3.63) is 29.3 Å². The number of carboxylic acids is 1. The van der Waals surface area contributed by atoms with Gasteiger partial charge in [0.2, 0.25) is 0 Å². The molecule has 19 heavy (non-hydrogen) atoms. The summed E-state index contributed by atoms with van der Waals surface area (Å²) < 4.78 is 0. The summed E-state index contributed by atoms with van der Waals surface area (Å²) in [5.74, 6) is -0.854. The third kappa shape index (κ3) is 3.72. The van der Waals surface area contributed by atoms with Crippen molar-refractivity contribution in [1.29, 1.82) is 0 Å². The lowest BCUT2D eigenvalue weighted by Gasteiger charge is -2.10. The quantitative estimate of drug-likeness (QED) is 0.727. The topological polar surface area (TPSA) is 49.3 Å². The van der Waals surface area contributed by atoms with Crippen LogP contribution in [0, 0.1) is 0 Å². The summed E-state index contributed by atoms with van der Waals surface area (Å²) in [6, 6.07) is 5.89. The van der Waals surface area contributed by atoms with Gasteiger partial charge in [0, 0.05) is 11.7 Å². The lowest BCUT2D eigenvalue weighted by molar-refractivity contribution is 0.0697. The van der Waals surface area contributed by atoms with Crippen LogP contribution in [0.1, 0.15) is 61.4 Å². The zero-order valence-corrected chi connectivity index (χ0v) is 11.6. The van der Waals surface area contributed by atoms with Gasteiger partial charge in [-0.15, -0.1) is 0 Å². The fourth-order valence-electron chi connectivity index (χ4n) is 2.73. The second-order valence-electron chi connectivity index (χ2n) is 5.43. The SMILES string of the molecule is CCCCCCC[C@H]1Cc2ccc(C(=O)O)cc2N1. The number of carbonyl (C=O) groups is 1. The number of nitrogens with one attached hydrogen (secondary N) is 1. The Morgan fingerprint density at radius 2 is 2.11 bits per heavy atom. The third-order valence-electron chi connectivity index (χ3n) is 3.84. The molecule has 0 aliphatic carbocycles. The van der Waals surface area contributed by atoms with Crippen LogP contribution in [-0.2, 0) is 6.42 Å². The molecule has 1 heterocycles. The molecule has 1 aromatic carbocycles. The molecule has 0 bridgehead atoms. The lowest BCUT2D eigenvalue weighted by atomic mass is 10.0. The van der Waals surface area contributed by atoms with Gasteiger partial charge in [-0.05, 0) is 30.5 Å². The Balaban J connectivity index is 1.81. The Bertz CT molecular complexity index is 442. The van der Waals surface area contributed by atoms with E-state index in [9.17, 15) is 4.79 Å². The molecule has 0 aromatic heterocycles. The van der Waals surface area contributed by atoms with Gasteiger partial charge in [0.1, 0.15) is 0 Å². The Hall–Kier alpha value is -1.51. The number of hydrogen-bond acceptors (Lipinski definition) is 2. The lowest BCUT2D eigenvalue weighted by Crippen LogP contribution is -2.14. The molecule has 104 valence electrons. The first-order valence-electron chi connectivity index (χ1n) is 7.33. The number of anilines is 1. The van der Waals surface area contributed by atoms with Gasteiger partial charge in [0.15, 0.2) is 0 Å². The molecule has 0 fully saturated rings. The van der Waals surface area contributed by atoms with Crippen LogP contribution < -0.4 is 5.32 Å². The van der Waals surface area contributed by atoms with Gasteiger partial charge in [-0.2, -0.15) is 0 Å². The van der Waals surface area contributed by atoms with E-state index >= 15 is 0 Å². The fraction of sp³-hybridized carbons (Fsp3) is 0.562. The zero-order valence-electron chi connectivity index (χ0n) is 11.6. The van der Waals surface area contributed by atoms with Gasteiger partial charge < -0.3 is 10.4 Å². The van der Waals surface area contributed by atoms with Crippen LogP contribution in [-0.4, -0.2) is 17.1 Å². The number of unbranched alkanes of at least 4 members (excludes halogenated alkanes) is 4. The third-order valence-corrected chi connectivity index (χ3v) is 3.84. The van der Waals surface area contributed by atoms with Crippen LogP contribution in [0.4, 0.5) is 5.69 Å². The molecule has 3 nitrogen and oxygen atoms in total. The first-order valence-corrected chi connectivity index (χ1v) is 7.33. The summed E-state index contributed by atoms with van der Waals surface area (Å²) in [6.07, 6.45) is 8.73. The molecule has 1 aromatic rings. The highest BCUT2D eigenvalue weighted by atomic mass is 16.4. The Kier molecular flexibility index (Phi) is 4.83. The highest BCUT2D eigenvalue weighted by Crippen LogP contribution is 2.29. The van der Waals surface area contributed by atoms with Crippen molar-refractivity contribution in [2.45, 2.75) is 57.9 Å². The molecule has 2 N–H and O–H groups in total. The molecule has 0 radical (unpaired) electrons. The summed E-state index contributed by atoms with van der Waals surface area (Å²) >= 11 is 0. The van der Waals surface area contributed by atoms with Crippen LogP contribution in [0.25, 0.3) is 0 Å². The predicted molar refractivity (Wildman–Crippen MR) is 77.9 cm³/mol. The molecule has 0 amide bonds. The maximum absolute atomic E-state index is 10.9. The van der Waals surface area contributed by atoms with E-state index in [2.05, 4.69) is 12.2 Å². The number of carboxylic acid groups (broad SMARTS) is 1. The van der Waals surface area contributed by atoms with E-state index in [0.717, 1.165) is 12.1 Å². The van der Waals surface area contributed by atoms with Gasteiger partial charge >= 0.3 is 5.97 Å². The normalized spacial score (nSPS) is 17.0. The number of rotatable bonds is 7. The molecular weight excluding hydrogens is 238 g/mol. The second kappa shape index (κ2) is 6.60. The molecule has 0 saturated heterocycles. The maximum Gasteiger partial charge on any atom is 0.335 e. The van der Waals surface area contributed by atoms with E-state index in [4.69, 9.17) is 5.11 Å². The van der Waals surface area contributed by atoms with E-state index < -0.39 is 5.97 Å². The average molecular weight is 261 g/mol. The van der Waals surface area contributed by atoms with Gasteiger partial charge in [-0.1, -0.05) is 45.1 Å². The summed E-state index contributed by atoms with van der Waals surface area (Å²) in [6.45, 7) is 2.23. The standard InChI is InChI=1S/C16H23NO2/c1-2-3-4-5-6-7-14-10-12-8-9-13(16(18)19)11-15(12)17-14/h8-9,11,14,17H,2-7,10H2,1H3,(H,18,19)/t14-/m0/s1. The van der Waals surface area contributed by atoms with Crippen molar-refractivity contribution in [3.8, 4) is 0 Å². The summed E-state index contributed by atoms with van der Waals surface area (Å²) in [4.78, 5) is 10.9. The predicted octanol–water partition coefficient (Wildman–Crippen LogP) is 4.08. The zero-order chi connectivity index (χ0) is 13.7. The van der Waals surface area contributed by atoms with Crippen molar-refractivity contribution in [1.82, 2.24) is 0 Å². The Morgan fingerprint density at radius 1 is 1.32 bits per heavy atom. The summed E-state index contributed by atoms with van der Waals surface area (Å²) in [5, 5.41) is 12.4. The smallest absolute Gasteiger partial charge is 0.335 e. The van der Waals surface area contributed by atoms with E-state index in [1.807, 2.05) is 6.07 Å². The van der Waals surface area contributed by atoms with Gasteiger partial charge in [0.05, 0.1) is 5.56 Å². The molecular formula is C16H23NO2. The largest absolute Gasteiger partial charge is 0.478 e. The van der Waals surface area contributed by atoms with Crippen LogP contribution >= 0.6 is 0 Å². The van der Waals surface area contributed by atoms with Crippen molar-refractivity contribution >= 4 is 11.7 Å². The minimum atomic E-state index is -0.854. The van der Waals surface area contributed by atoms with Crippen LogP contribution in [0.5, 0.6) is 0 Å². The fourth-order valence-corrected chi connectivity index (χ4v) is 2.73. The first-order chi connectivity index (χ1) is 9.20. The van der Waals surface area contributed by atoms with Crippen molar-refractivity contribution in [2.75, 3.05) is 5.32 Å². The minimum absolute atomic E-state index is 0.370. The van der Waals surface area contributed by atoms with Crippen LogP contribution in [0.15, 0.2) is 18.2 Å². The molecule has 2 rings (SSSR count). The molecule has 0 unspecified atom stereocenters. The number of fused-ring (bicyclic) bond motifs is 1. The number of aromatic carboxylic acids is 1. The highest BCUT2D eigenvalue weighted by molar-refractivity contribution is 5.89. The van der Waals surface area contributed by atoms with E-state index in [1.54, 1.807) is 12.1 Å². The Morgan fingerprint density at radius 3 is 2.84 bits per heavy atom. The van der Waals surface area contributed by atoms with E-state index in [1.165, 1.54) is 44.1 Å². The summed E-state index contributed by atoms with van der Waals surface area (Å²) in [5.41, 5.74) is 2.64. The molecule has 0 spiro atoms. The van der Waals surface area contributed by atoms with Gasteiger partial charge in [0.25, 0.3) is 0 Å². The van der Waals surface area contributed by atoms with Crippen LogP contribution in [0.2, 0.25) is 0 Å². The molecule has 3 heteroatoms. The molecule has 0 saturated carbocycles. The van der Waals surface area contributed by atoms with Crippen molar-refractivity contribution in [3.63, 3.8) is 0 Å². The van der Waals surface area contributed by atoms with Crippen molar-refractivity contribution in [2.24, 2.45) is 0 Å². The molecule has 1 aliphatic rings. The molecule has 1 atom stereocenters. The Labute approximate surface area is 115 Å². The van der Waals surface area contributed by atoms with Crippen LogP contribution in [0.3, 0.4) is 0 Å². The second-order valence-corrected chi connectivity index (χ2v) is 5.43.